The number of nitrogen functional groups attached to an aromatic ring is 1. The number of carbonyl (C=O) groups is 1. The van der Waals surface area contributed by atoms with Crippen molar-refractivity contribution in [1.29, 1.82) is 5.26 Å². The average molecular weight is 204 g/mol. The van der Waals surface area contributed by atoms with E-state index in [4.69, 9.17) is 16.7 Å². The molecule has 15 heavy (non-hydrogen) atoms. The lowest BCUT2D eigenvalue weighted by molar-refractivity contribution is -0.118. The Balaban J connectivity index is 2.97. The number of hydrogen-bond donors (Lipinski definition) is 3. The number of nitrogens with two attached hydrogens (primary N) is 2. The number of rotatable bonds is 3. The number of nitriles is 1. The largest absolute Gasteiger partial charge is 0.396 e. The van der Waals surface area contributed by atoms with Crippen LogP contribution in [0.15, 0.2) is 18.2 Å². The summed E-state index contributed by atoms with van der Waals surface area (Å²) in [5.41, 5.74) is 12.0. The Morgan fingerprint density at radius 3 is 2.80 bits per heavy atom. The van der Waals surface area contributed by atoms with E-state index in [1.54, 1.807) is 25.1 Å². The van der Waals surface area contributed by atoms with E-state index in [2.05, 4.69) is 5.32 Å². The fraction of sp³-hybridized carbons (Fsp3) is 0.200. The molecule has 1 rings (SSSR count). The third-order valence-corrected chi connectivity index (χ3v) is 2.03. The molecule has 0 aliphatic rings. The summed E-state index contributed by atoms with van der Waals surface area (Å²) in [5, 5.41) is 11.6. The number of anilines is 2. The Kier molecular flexibility index (Phi) is 3.13. The molecule has 1 amide bonds. The maximum atomic E-state index is 10.8. The SMILES string of the molecule is CC(Nc1cccc(C#N)c1N)C(N)=O. The first kappa shape index (κ1) is 10.9. The second kappa shape index (κ2) is 4.33. The number of hydrogen-bond acceptors (Lipinski definition) is 4. The van der Waals surface area contributed by atoms with Crippen molar-refractivity contribution in [3.05, 3.63) is 23.8 Å². The van der Waals surface area contributed by atoms with Gasteiger partial charge in [0.05, 0.1) is 16.9 Å². The number of nitrogens with one attached hydrogen (secondary N) is 1. The maximum Gasteiger partial charge on any atom is 0.239 e. The second-order valence-corrected chi connectivity index (χ2v) is 3.15. The first-order chi connectivity index (χ1) is 7.06. The minimum absolute atomic E-state index is 0.327. The van der Waals surface area contributed by atoms with Gasteiger partial charge in [-0.25, -0.2) is 0 Å². The topological polar surface area (TPSA) is 105 Å². The Labute approximate surface area is 87.7 Å². The zero-order valence-electron chi connectivity index (χ0n) is 8.32. The van der Waals surface area contributed by atoms with Crippen LogP contribution in [0.3, 0.4) is 0 Å². The van der Waals surface area contributed by atoms with Crippen molar-refractivity contribution >= 4 is 17.3 Å². The highest BCUT2D eigenvalue weighted by atomic mass is 16.1. The van der Waals surface area contributed by atoms with Crippen LogP contribution in [-0.2, 0) is 4.79 Å². The van der Waals surface area contributed by atoms with E-state index in [9.17, 15) is 4.79 Å². The van der Waals surface area contributed by atoms with Crippen LogP contribution in [0.1, 0.15) is 12.5 Å². The minimum Gasteiger partial charge on any atom is -0.396 e. The van der Waals surface area contributed by atoms with Gasteiger partial charge in [0.1, 0.15) is 12.1 Å². The molecule has 5 nitrogen and oxygen atoms in total. The first-order valence-electron chi connectivity index (χ1n) is 4.40. The third-order valence-electron chi connectivity index (χ3n) is 2.03. The van der Waals surface area contributed by atoms with Crippen LogP contribution in [0.5, 0.6) is 0 Å². The van der Waals surface area contributed by atoms with Gasteiger partial charge in [0.2, 0.25) is 5.91 Å². The van der Waals surface area contributed by atoms with Crippen LogP contribution < -0.4 is 16.8 Å². The van der Waals surface area contributed by atoms with Crippen molar-refractivity contribution in [1.82, 2.24) is 0 Å². The number of para-hydroxylation sites is 1. The van der Waals surface area contributed by atoms with Gasteiger partial charge in [-0.1, -0.05) is 6.07 Å². The highest BCUT2D eigenvalue weighted by Gasteiger charge is 2.11. The van der Waals surface area contributed by atoms with Gasteiger partial charge in [0.25, 0.3) is 0 Å². The third kappa shape index (κ3) is 2.38. The summed E-state index contributed by atoms with van der Waals surface area (Å²) in [6.07, 6.45) is 0. The van der Waals surface area contributed by atoms with Crippen LogP contribution in [0.25, 0.3) is 0 Å². The molecule has 0 heterocycles. The molecule has 1 unspecified atom stereocenters. The number of benzene rings is 1. The molecule has 0 aromatic heterocycles. The number of primary amides is 1. The monoisotopic (exact) mass is 204 g/mol. The van der Waals surface area contributed by atoms with Gasteiger partial charge in [-0.3, -0.25) is 4.79 Å². The molecule has 0 radical (unpaired) electrons. The van der Waals surface area contributed by atoms with E-state index in [0.29, 0.717) is 16.9 Å². The van der Waals surface area contributed by atoms with Crippen molar-refractivity contribution in [3.63, 3.8) is 0 Å². The maximum absolute atomic E-state index is 10.8. The van der Waals surface area contributed by atoms with Gasteiger partial charge in [0, 0.05) is 0 Å². The highest BCUT2D eigenvalue weighted by molar-refractivity contribution is 5.84. The van der Waals surface area contributed by atoms with Crippen LogP contribution in [-0.4, -0.2) is 11.9 Å². The molecule has 1 aromatic carbocycles. The summed E-state index contributed by atoms with van der Waals surface area (Å²) in [6, 6.07) is 6.41. The summed E-state index contributed by atoms with van der Waals surface area (Å²) >= 11 is 0. The van der Waals surface area contributed by atoms with E-state index < -0.39 is 11.9 Å². The Morgan fingerprint density at radius 2 is 2.27 bits per heavy atom. The average Bonchev–Trinajstić information content (AvgIpc) is 2.21. The lowest BCUT2D eigenvalue weighted by atomic mass is 10.1. The Hall–Kier alpha value is -2.22. The van der Waals surface area contributed by atoms with Crippen molar-refractivity contribution in [2.75, 3.05) is 11.1 Å². The summed E-state index contributed by atoms with van der Waals surface area (Å²) in [5.74, 6) is -0.475. The molecule has 0 aliphatic carbocycles. The van der Waals surface area contributed by atoms with E-state index in [1.807, 2.05) is 6.07 Å². The summed E-state index contributed by atoms with van der Waals surface area (Å²) in [7, 11) is 0. The smallest absolute Gasteiger partial charge is 0.239 e. The molecular formula is C10H12N4O. The van der Waals surface area contributed by atoms with Gasteiger partial charge in [-0.05, 0) is 19.1 Å². The van der Waals surface area contributed by atoms with E-state index in [1.165, 1.54) is 0 Å². The van der Waals surface area contributed by atoms with Gasteiger partial charge in [-0.2, -0.15) is 5.26 Å². The normalized spacial score (nSPS) is 11.5. The van der Waals surface area contributed by atoms with Crippen molar-refractivity contribution in [3.8, 4) is 6.07 Å². The van der Waals surface area contributed by atoms with Gasteiger partial charge < -0.3 is 16.8 Å². The van der Waals surface area contributed by atoms with E-state index in [-0.39, 0.29) is 0 Å². The molecule has 0 saturated heterocycles. The lowest BCUT2D eigenvalue weighted by Gasteiger charge is -2.13. The van der Waals surface area contributed by atoms with Gasteiger partial charge in [0.15, 0.2) is 0 Å². The van der Waals surface area contributed by atoms with Crippen LogP contribution in [0.4, 0.5) is 11.4 Å². The Morgan fingerprint density at radius 1 is 1.60 bits per heavy atom. The molecule has 0 fully saturated rings. The molecule has 0 saturated carbocycles. The lowest BCUT2D eigenvalue weighted by Crippen LogP contribution is -2.32. The molecular weight excluding hydrogens is 192 g/mol. The number of nitrogens with zero attached hydrogens (tertiary/aromatic N) is 1. The molecule has 5 N–H and O–H groups in total. The van der Waals surface area contributed by atoms with E-state index in [0.717, 1.165) is 0 Å². The quantitative estimate of drug-likeness (QED) is 0.620. The molecule has 1 aromatic rings. The van der Waals surface area contributed by atoms with Crippen LogP contribution in [0.2, 0.25) is 0 Å². The standard InChI is InChI=1S/C10H12N4O/c1-6(10(13)15)14-8-4-2-3-7(5-11)9(8)12/h2-4,6,14H,12H2,1H3,(H2,13,15). The molecule has 1 atom stereocenters. The van der Waals surface area contributed by atoms with Crippen molar-refractivity contribution < 1.29 is 4.79 Å². The summed E-state index contributed by atoms with van der Waals surface area (Å²) in [4.78, 5) is 10.8. The predicted molar refractivity (Wildman–Crippen MR) is 57.8 cm³/mol. The van der Waals surface area contributed by atoms with E-state index >= 15 is 0 Å². The first-order valence-corrected chi connectivity index (χ1v) is 4.40. The van der Waals surface area contributed by atoms with Crippen molar-refractivity contribution in [2.24, 2.45) is 5.73 Å². The fourth-order valence-electron chi connectivity index (χ4n) is 1.09. The molecule has 5 heteroatoms. The zero-order valence-corrected chi connectivity index (χ0v) is 8.32. The summed E-state index contributed by atoms with van der Waals surface area (Å²) < 4.78 is 0. The molecule has 0 spiro atoms. The Bertz CT molecular complexity index is 422. The van der Waals surface area contributed by atoms with Crippen LogP contribution >= 0.6 is 0 Å². The minimum atomic E-state index is -0.527. The molecule has 0 bridgehead atoms. The van der Waals surface area contributed by atoms with Crippen LogP contribution in [0, 0.1) is 11.3 Å². The fourth-order valence-corrected chi connectivity index (χ4v) is 1.09. The molecule has 0 aliphatic heterocycles. The summed E-state index contributed by atoms with van der Waals surface area (Å²) in [6.45, 7) is 1.63. The zero-order chi connectivity index (χ0) is 11.4. The molecule has 78 valence electrons. The highest BCUT2D eigenvalue weighted by Crippen LogP contribution is 2.22. The van der Waals surface area contributed by atoms with Crippen molar-refractivity contribution in [2.45, 2.75) is 13.0 Å². The number of amides is 1. The van der Waals surface area contributed by atoms with Gasteiger partial charge >= 0.3 is 0 Å². The second-order valence-electron chi connectivity index (χ2n) is 3.15. The number of carbonyl (C=O) groups excluding carboxylic acids is 1. The predicted octanol–water partition coefficient (Wildman–Crippen LogP) is 0.426. The van der Waals surface area contributed by atoms with Gasteiger partial charge in [-0.15, -0.1) is 0 Å².